The lowest BCUT2D eigenvalue weighted by Crippen LogP contribution is -2.44. The van der Waals surface area contributed by atoms with Crippen LogP contribution < -0.4 is 10.6 Å². The Hall–Kier alpha value is -0.890. The zero-order chi connectivity index (χ0) is 16.0. The molecule has 1 aliphatic rings. The van der Waals surface area contributed by atoms with E-state index in [1.807, 2.05) is 19.1 Å². The first-order valence-electron chi connectivity index (χ1n) is 7.89. The van der Waals surface area contributed by atoms with Crippen molar-refractivity contribution in [1.29, 1.82) is 0 Å². The van der Waals surface area contributed by atoms with E-state index in [0.717, 1.165) is 25.3 Å². The average Bonchev–Trinajstić information content (AvgIpc) is 3.27. The van der Waals surface area contributed by atoms with Crippen LogP contribution in [0.4, 0.5) is 4.39 Å². The summed E-state index contributed by atoms with van der Waals surface area (Å²) in [6.07, 6.45) is 2.21. The fourth-order valence-corrected chi connectivity index (χ4v) is 2.57. The van der Waals surface area contributed by atoms with Crippen LogP contribution in [0.1, 0.15) is 32.3 Å². The molecule has 0 saturated heterocycles. The second-order valence-electron chi connectivity index (χ2n) is 5.98. The van der Waals surface area contributed by atoms with Crippen LogP contribution in [0.5, 0.6) is 0 Å². The normalized spacial score (nSPS) is 17.1. The SMILES string of the molecule is CCNC(=NCC1(c2ccc(F)cc2)CC1)NC(C)COC.I. The lowest BCUT2D eigenvalue weighted by atomic mass is 9.96. The van der Waals surface area contributed by atoms with Crippen LogP contribution in [0.3, 0.4) is 0 Å². The first-order valence-corrected chi connectivity index (χ1v) is 7.89. The maximum atomic E-state index is 13.1. The Bertz CT molecular complexity index is 503. The van der Waals surface area contributed by atoms with E-state index >= 15 is 0 Å². The molecule has 2 rings (SSSR count). The van der Waals surface area contributed by atoms with Crippen LogP contribution in [0, 0.1) is 5.82 Å². The summed E-state index contributed by atoms with van der Waals surface area (Å²) in [7, 11) is 1.69. The summed E-state index contributed by atoms with van der Waals surface area (Å²) >= 11 is 0. The highest BCUT2D eigenvalue weighted by Gasteiger charge is 2.44. The summed E-state index contributed by atoms with van der Waals surface area (Å²) in [5.41, 5.74) is 1.26. The average molecular weight is 435 g/mol. The number of nitrogens with one attached hydrogen (secondary N) is 2. The van der Waals surface area contributed by atoms with Crippen LogP contribution in [-0.2, 0) is 10.2 Å². The van der Waals surface area contributed by atoms with Gasteiger partial charge in [0.05, 0.1) is 13.2 Å². The van der Waals surface area contributed by atoms with Gasteiger partial charge in [0, 0.05) is 25.1 Å². The number of halogens is 2. The molecule has 4 nitrogen and oxygen atoms in total. The Morgan fingerprint density at radius 3 is 2.52 bits per heavy atom. The van der Waals surface area contributed by atoms with Crippen molar-refractivity contribution in [2.24, 2.45) is 4.99 Å². The second kappa shape index (κ2) is 9.42. The van der Waals surface area contributed by atoms with Gasteiger partial charge < -0.3 is 15.4 Å². The first-order chi connectivity index (χ1) is 10.6. The Kier molecular flexibility index (Phi) is 8.25. The predicted octanol–water partition coefficient (Wildman–Crippen LogP) is 3.07. The third-order valence-corrected chi connectivity index (χ3v) is 3.99. The van der Waals surface area contributed by atoms with E-state index in [1.165, 1.54) is 17.7 Å². The zero-order valence-corrected chi connectivity index (χ0v) is 16.4. The largest absolute Gasteiger partial charge is 0.383 e. The minimum absolute atomic E-state index is 0. The van der Waals surface area contributed by atoms with Crippen molar-refractivity contribution in [2.75, 3.05) is 26.8 Å². The maximum Gasteiger partial charge on any atom is 0.191 e. The number of benzene rings is 1. The molecular formula is C17H27FIN3O. The molecule has 1 unspecified atom stereocenters. The summed E-state index contributed by atoms with van der Waals surface area (Å²) in [5.74, 6) is 0.617. The van der Waals surface area contributed by atoms with Gasteiger partial charge in [-0.1, -0.05) is 12.1 Å². The molecule has 0 radical (unpaired) electrons. The van der Waals surface area contributed by atoms with Gasteiger partial charge in [-0.25, -0.2) is 4.39 Å². The van der Waals surface area contributed by atoms with E-state index in [1.54, 1.807) is 7.11 Å². The highest BCUT2D eigenvalue weighted by Crippen LogP contribution is 2.48. The number of rotatable bonds is 7. The van der Waals surface area contributed by atoms with Crippen molar-refractivity contribution in [3.8, 4) is 0 Å². The van der Waals surface area contributed by atoms with Gasteiger partial charge in [0.25, 0.3) is 0 Å². The minimum atomic E-state index is -0.188. The smallest absolute Gasteiger partial charge is 0.191 e. The van der Waals surface area contributed by atoms with Gasteiger partial charge in [-0.2, -0.15) is 0 Å². The van der Waals surface area contributed by atoms with Gasteiger partial charge in [0.2, 0.25) is 0 Å². The van der Waals surface area contributed by atoms with E-state index in [9.17, 15) is 4.39 Å². The van der Waals surface area contributed by atoms with Crippen LogP contribution in [0.25, 0.3) is 0 Å². The summed E-state index contributed by atoms with van der Waals surface area (Å²) in [6, 6.07) is 7.02. The quantitative estimate of drug-likeness (QED) is 0.393. The van der Waals surface area contributed by atoms with Crippen molar-refractivity contribution in [3.05, 3.63) is 35.6 Å². The molecule has 130 valence electrons. The highest BCUT2D eigenvalue weighted by molar-refractivity contribution is 14.0. The molecule has 0 bridgehead atoms. The number of aliphatic imine (C=N–C) groups is 1. The topological polar surface area (TPSA) is 45.7 Å². The number of methoxy groups -OCH3 is 1. The number of nitrogens with zero attached hydrogens (tertiary/aromatic N) is 1. The molecule has 2 N–H and O–H groups in total. The number of guanidine groups is 1. The highest BCUT2D eigenvalue weighted by atomic mass is 127. The van der Waals surface area contributed by atoms with Crippen LogP contribution in [0.15, 0.2) is 29.3 Å². The fourth-order valence-electron chi connectivity index (χ4n) is 2.57. The van der Waals surface area contributed by atoms with Crippen LogP contribution >= 0.6 is 24.0 Å². The third kappa shape index (κ3) is 5.91. The Labute approximate surface area is 155 Å². The van der Waals surface area contributed by atoms with Gasteiger partial charge in [0.15, 0.2) is 5.96 Å². The molecule has 0 amide bonds. The fraction of sp³-hybridized carbons (Fsp3) is 0.588. The standard InChI is InChI=1S/C17H26FN3O.HI/c1-4-19-16(21-13(2)11-22-3)20-12-17(9-10-17)14-5-7-15(18)8-6-14;/h5-8,13H,4,9-12H2,1-3H3,(H2,19,20,21);1H. The van der Waals surface area contributed by atoms with Crippen molar-refractivity contribution >= 4 is 29.9 Å². The predicted molar refractivity (Wildman–Crippen MR) is 103 cm³/mol. The Morgan fingerprint density at radius 1 is 1.35 bits per heavy atom. The molecule has 1 aromatic rings. The molecule has 0 spiro atoms. The van der Waals surface area contributed by atoms with Crippen molar-refractivity contribution in [1.82, 2.24) is 10.6 Å². The monoisotopic (exact) mass is 435 g/mol. The van der Waals surface area contributed by atoms with E-state index < -0.39 is 0 Å². The van der Waals surface area contributed by atoms with Gasteiger partial charge in [0.1, 0.15) is 5.82 Å². The molecule has 0 aromatic heterocycles. The molecule has 1 saturated carbocycles. The molecule has 6 heteroatoms. The Morgan fingerprint density at radius 2 is 2.00 bits per heavy atom. The van der Waals surface area contributed by atoms with Crippen LogP contribution in [0.2, 0.25) is 0 Å². The Balaban J connectivity index is 0.00000264. The minimum Gasteiger partial charge on any atom is -0.383 e. The van der Waals surface area contributed by atoms with E-state index in [0.29, 0.717) is 13.2 Å². The molecule has 1 aliphatic carbocycles. The van der Waals surface area contributed by atoms with E-state index in [4.69, 9.17) is 9.73 Å². The first kappa shape index (κ1) is 20.2. The third-order valence-electron chi connectivity index (χ3n) is 3.99. The van der Waals surface area contributed by atoms with Crippen molar-refractivity contribution in [3.63, 3.8) is 0 Å². The van der Waals surface area contributed by atoms with Crippen molar-refractivity contribution in [2.45, 2.75) is 38.1 Å². The van der Waals surface area contributed by atoms with E-state index in [-0.39, 0.29) is 41.3 Å². The molecular weight excluding hydrogens is 408 g/mol. The molecule has 1 fully saturated rings. The van der Waals surface area contributed by atoms with Gasteiger partial charge in [-0.05, 0) is 44.4 Å². The van der Waals surface area contributed by atoms with Gasteiger partial charge in [-0.15, -0.1) is 24.0 Å². The van der Waals surface area contributed by atoms with Crippen LogP contribution in [-0.4, -0.2) is 38.8 Å². The maximum absolute atomic E-state index is 13.1. The molecule has 1 aromatic carbocycles. The van der Waals surface area contributed by atoms with Crippen molar-refractivity contribution < 1.29 is 9.13 Å². The van der Waals surface area contributed by atoms with Gasteiger partial charge >= 0.3 is 0 Å². The molecule has 23 heavy (non-hydrogen) atoms. The lowest BCUT2D eigenvalue weighted by Gasteiger charge is -2.19. The summed E-state index contributed by atoms with van der Waals surface area (Å²) in [6.45, 7) is 6.27. The summed E-state index contributed by atoms with van der Waals surface area (Å²) < 4.78 is 18.2. The zero-order valence-electron chi connectivity index (χ0n) is 14.1. The number of ether oxygens (including phenoxy) is 1. The number of hydrogen-bond acceptors (Lipinski definition) is 2. The second-order valence-corrected chi connectivity index (χ2v) is 5.98. The number of hydrogen-bond donors (Lipinski definition) is 2. The summed E-state index contributed by atoms with van der Waals surface area (Å²) in [5, 5.41) is 6.59. The van der Waals surface area contributed by atoms with E-state index in [2.05, 4.69) is 17.6 Å². The molecule has 1 atom stereocenters. The summed E-state index contributed by atoms with van der Waals surface area (Å²) in [4.78, 5) is 4.71. The molecule has 0 aliphatic heterocycles. The lowest BCUT2D eigenvalue weighted by molar-refractivity contribution is 0.179. The van der Waals surface area contributed by atoms with Gasteiger partial charge in [-0.3, -0.25) is 4.99 Å². The molecule has 0 heterocycles.